The lowest BCUT2D eigenvalue weighted by Crippen LogP contribution is -2.52. The summed E-state index contributed by atoms with van der Waals surface area (Å²) < 4.78 is 13.4. The molecule has 0 unspecified atom stereocenters. The SMILES string of the molecule is CC(=O)N[C@@H](Cc1c[nH]c2cc(F)ccc12)C(=O)N1CCC[C@H](C(=O)O)C1. The number of halogens is 1. The van der Waals surface area contributed by atoms with Crippen molar-refractivity contribution in [1.29, 1.82) is 0 Å². The molecule has 0 aliphatic carbocycles. The maximum absolute atomic E-state index is 13.4. The highest BCUT2D eigenvalue weighted by Crippen LogP contribution is 2.22. The number of amides is 2. The van der Waals surface area contributed by atoms with E-state index in [4.69, 9.17) is 0 Å². The zero-order valence-electron chi connectivity index (χ0n) is 15.0. The van der Waals surface area contributed by atoms with Gasteiger partial charge in [-0.1, -0.05) is 0 Å². The number of hydrogen-bond donors (Lipinski definition) is 3. The number of benzene rings is 1. The lowest BCUT2D eigenvalue weighted by molar-refractivity contribution is -0.146. The molecule has 3 rings (SSSR count). The van der Waals surface area contributed by atoms with Crippen LogP contribution < -0.4 is 5.32 Å². The number of aliphatic carboxylic acids is 1. The quantitative estimate of drug-likeness (QED) is 0.740. The number of nitrogens with one attached hydrogen (secondary N) is 2. The molecule has 1 saturated heterocycles. The third-order valence-electron chi connectivity index (χ3n) is 4.91. The highest BCUT2D eigenvalue weighted by atomic mass is 19.1. The van der Waals surface area contributed by atoms with Crippen LogP contribution in [0, 0.1) is 11.7 Å². The molecule has 3 N–H and O–H groups in total. The molecule has 1 aromatic heterocycles. The number of rotatable bonds is 5. The topological polar surface area (TPSA) is 103 Å². The van der Waals surface area contributed by atoms with Gasteiger partial charge in [-0.2, -0.15) is 0 Å². The lowest BCUT2D eigenvalue weighted by Gasteiger charge is -2.33. The minimum atomic E-state index is -0.915. The molecule has 1 aliphatic rings. The van der Waals surface area contributed by atoms with Crippen LogP contribution in [0.15, 0.2) is 24.4 Å². The van der Waals surface area contributed by atoms with Crippen LogP contribution >= 0.6 is 0 Å². The van der Waals surface area contributed by atoms with Crippen molar-refractivity contribution in [3.05, 3.63) is 35.8 Å². The summed E-state index contributed by atoms with van der Waals surface area (Å²) in [6.45, 7) is 1.95. The summed E-state index contributed by atoms with van der Waals surface area (Å²) in [5.74, 6) is -2.50. The molecule has 0 spiro atoms. The zero-order chi connectivity index (χ0) is 19.6. The molecule has 2 aromatic rings. The average molecular weight is 375 g/mol. The van der Waals surface area contributed by atoms with Gasteiger partial charge in [0.15, 0.2) is 0 Å². The number of carbonyl (C=O) groups is 3. The van der Waals surface area contributed by atoms with E-state index in [2.05, 4.69) is 10.3 Å². The van der Waals surface area contributed by atoms with Gasteiger partial charge in [0.05, 0.1) is 5.92 Å². The predicted octanol–water partition coefficient (Wildman–Crippen LogP) is 1.68. The van der Waals surface area contributed by atoms with Crippen molar-refractivity contribution in [2.75, 3.05) is 13.1 Å². The van der Waals surface area contributed by atoms with E-state index >= 15 is 0 Å². The standard InChI is InChI=1S/C19H22FN3O4/c1-11(24)22-17(18(25)23-6-2-3-12(10-23)19(26)27)7-13-9-21-16-8-14(20)4-5-15(13)16/h4-5,8-9,12,17,21H,2-3,6-7,10H2,1H3,(H,22,24)(H,26,27)/t12-,17-/m0/s1. The Hall–Kier alpha value is -2.90. The fraction of sp³-hybridized carbons (Fsp3) is 0.421. The van der Waals surface area contributed by atoms with Crippen LogP contribution in [0.5, 0.6) is 0 Å². The zero-order valence-corrected chi connectivity index (χ0v) is 15.0. The van der Waals surface area contributed by atoms with Crippen molar-refractivity contribution >= 4 is 28.7 Å². The summed E-state index contributed by atoms with van der Waals surface area (Å²) in [4.78, 5) is 40.3. The summed E-state index contributed by atoms with van der Waals surface area (Å²) >= 11 is 0. The second-order valence-corrected chi connectivity index (χ2v) is 6.92. The molecule has 2 amide bonds. The minimum absolute atomic E-state index is 0.142. The van der Waals surface area contributed by atoms with Crippen molar-refractivity contribution in [1.82, 2.24) is 15.2 Å². The molecule has 2 atom stereocenters. The van der Waals surface area contributed by atoms with Crippen LogP contribution in [0.2, 0.25) is 0 Å². The van der Waals surface area contributed by atoms with Crippen molar-refractivity contribution in [2.24, 2.45) is 5.92 Å². The van der Waals surface area contributed by atoms with Gasteiger partial charge in [-0.3, -0.25) is 14.4 Å². The van der Waals surface area contributed by atoms with Crippen LogP contribution in [0.25, 0.3) is 10.9 Å². The number of aromatic amines is 1. The third-order valence-corrected chi connectivity index (χ3v) is 4.91. The Balaban J connectivity index is 1.81. The Labute approximate surface area is 155 Å². The van der Waals surface area contributed by atoms with Crippen LogP contribution in [0.1, 0.15) is 25.3 Å². The van der Waals surface area contributed by atoms with Gasteiger partial charge in [0.1, 0.15) is 11.9 Å². The predicted molar refractivity (Wildman–Crippen MR) is 96.5 cm³/mol. The maximum Gasteiger partial charge on any atom is 0.308 e. The summed E-state index contributed by atoms with van der Waals surface area (Å²) in [7, 11) is 0. The van der Waals surface area contributed by atoms with E-state index in [1.165, 1.54) is 24.0 Å². The molecular weight excluding hydrogens is 353 g/mol. The van der Waals surface area contributed by atoms with Crippen LogP contribution in [0.4, 0.5) is 4.39 Å². The number of H-pyrrole nitrogens is 1. The van der Waals surface area contributed by atoms with E-state index in [0.29, 0.717) is 24.9 Å². The van der Waals surface area contributed by atoms with Crippen LogP contribution in [-0.2, 0) is 20.8 Å². The van der Waals surface area contributed by atoms with Gasteiger partial charge < -0.3 is 20.3 Å². The summed E-state index contributed by atoms with van der Waals surface area (Å²) in [5.41, 5.74) is 1.40. The van der Waals surface area contributed by atoms with E-state index in [1.54, 1.807) is 12.3 Å². The molecule has 0 bridgehead atoms. The first kappa shape index (κ1) is 18.9. The summed E-state index contributed by atoms with van der Waals surface area (Å²) in [6, 6.07) is 3.54. The minimum Gasteiger partial charge on any atom is -0.481 e. The Morgan fingerprint density at radius 2 is 2.19 bits per heavy atom. The Morgan fingerprint density at radius 1 is 1.41 bits per heavy atom. The Kier molecular flexibility index (Phi) is 5.43. The first-order valence-corrected chi connectivity index (χ1v) is 8.89. The van der Waals surface area contributed by atoms with Crippen molar-refractivity contribution in [3.63, 3.8) is 0 Å². The number of fused-ring (bicyclic) bond motifs is 1. The lowest BCUT2D eigenvalue weighted by atomic mass is 9.96. The number of carboxylic acid groups (broad SMARTS) is 1. The van der Waals surface area contributed by atoms with Gasteiger partial charge in [0, 0.05) is 43.5 Å². The van der Waals surface area contributed by atoms with Gasteiger partial charge in [-0.05, 0) is 36.6 Å². The molecule has 2 heterocycles. The number of likely N-dealkylation sites (tertiary alicyclic amines) is 1. The molecule has 7 nitrogen and oxygen atoms in total. The van der Waals surface area contributed by atoms with Gasteiger partial charge in [0.2, 0.25) is 11.8 Å². The highest BCUT2D eigenvalue weighted by Gasteiger charge is 2.32. The van der Waals surface area contributed by atoms with Gasteiger partial charge in [-0.25, -0.2) is 4.39 Å². The second kappa shape index (κ2) is 7.77. The van der Waals surface area contributed by atoms with E-state index in [9.17, 15) is 23.9 Å². The van der Waals surface area contributed by atoms with E-state index in [1.807, 2.05) is 0 Å². The summed E-state index contributed by atoms with van der Waals surface area (Å²) in [6.07, 6.45) is 3.08. The monoisotopic (exact) mass is 375 g/mol. The molecule has 8 heteroatoms. The maximum atomic E-state index is 13.4. The van der Waals surface area contributed by atoms with Crippen LogP contribution in [-0.4, -0.2) is 51.9 Å². The fourth-order valence-electron chi connectivity index (χ4n) is 3.59. The number of hydrogen-bond acceptors (Lipinski definition) is 3. The van der Waals surface area contributed by atoms with Gasteiger partial charge >= 0.3 is 5.97 Å². The second-order valence-electron chi connectivity index (χ2n) is 6.92. The largest absolute Gasteiger partial charge is 0.481 e. The Morgan fingerprint density at radius 3 is 2.89 bits per heavy atom. The van der Waals surface area contributed by atoms with Gasteiger partial charge in [0.25, 0.3) is 0 Å². The molecule has 1 aromatic carbocycles. The molecule has 144 valence electrons. The molecule has 27 heavy (non-hydrogen) atoms. The number of nitrogens with zero attached hydrogens (tertiary/aromatic N) is 1. The smallest absolute Gasteiger partial charge is 0.308 e. The molecule has 0 radical (unpaired) electrons. The van der Waals surface area contributed by atoms with Crippen molar-refractivity contribution in [3.8, 4) is 0 Å². The fourth-order valence-corrected chi connectivity index (χ4v) is 3.59. The van der Waals surface area contributed by atoms with E-state index in [0.717, 1.165) is 10.9 Å². The Bertz CT molecular complexity index is 879. The van der Waals surface area contributed by atoms with Crippen molar-refractivity contribution < 1.29 is 23.9 Å². The summed E-state index contributed by atoms with van der Waals surface area (Å²) in [5, 5.41) is 12.7. The van der Waals surface area contributed by atoms with Crippen LogP contribution in [0.3, 0.4) is 0 Å². The molecule has 1 aliphatic heterocycles. The first-order chi connectivity index (χ1) is 12.8. The van der Waals surface area contributed by atoms with E-state index < -0.39 is 17.9 Å². The van der Waals surface area contributed by atoms with E-state index in [-0.39, 0.29) is 30.6 Å². The number of aromatic nitrogens is 1. The first-order valence-electron chi connectivity index (χ1n) is 8.89. The molecule has 1 fully saturated rings. The normalized spacial score (nSPS) is 18.3. The van der Waals surface area contributed by atoms with Gasteiger partial charge in [-0.15, -0.1) is 0 Å². The highest BCUT2D eigenvalue weighted by molar-refractivity contribution is 5.89. The third kappa shape index (κ3) is 4.27. The molecule has 0 saturated carbocycles. The number of carboxylic acids is 1. The average Bonchev–Trinajstić information content (AvgIpc) is 3.02. The molecular formula is C19H22FN3O4. The number of carbonyl (C=O) groups excluding carboxylic acids is 2. The van der Waals surface area contributed by atoms with Crippen molar-refractivity contribution in [2.45, 2.75) is 32.2 Å². The number of piperidine rings is 1.